The molecule has 0 spiro atoms. The van der Waals surface area contributed by atoms with E-state index in [0.29, 0.717) is 6.42 Å². The van der Waals surface area contributed by atoms with E-state index in [1.54, 1.807) is 0 Å². The summed E-state index contributed by atoms with van der Waals surface area (Å²) in [6.07, 6.45) is -4.04. The van der Waals surface area contributed by atoms with Crippen molar-refractivity contribution in [1.82, 2.24) is 4.90 Å². The highest BCUT2D eigenvalue weighted by molar-refractivity contribution is 8.01. The van der Waals surface area contributed by atoms with E-state index in [4.69, 9.17) is 11.6 Å². The van der Waals surface area contributed by atoms with Crippen molar-refractivity contribution in [2.24, 2.45) is 0 Å². The average Bonchev–Trinajstić information content (AvgIpc) is 3.05. The van der Waals surface area contributed by atoms with Gasteiger partial charge in [-0.15, -0.1) is 11.8 Å². The van der Waals surface area contributed by atoms with Gasteiger partial charge in [0.1, 0.15) is 0 Å². The van der Waals surface area contributed by atoms with E-state index < -0.39 is 22.7 Å². The quantitative estimate of drug-likeness (QED) is 0.781. The molecule has 1 aliphatic rings. The molecule has 0 aliphatic carbocycles. The lowest BCUT2D eigenvalue weighted by Crippen LogP contribution is -2.39. The summed E-state index contributed by atoms with van der Waals surface area (Å²) < 4.78 is 38.7. The van der Waals surface area contributed by atoms with Gasteiger partial charge >= 0.3 is 6.18 Å². The molecule has 0 saturated carbocycles. The first-order valence-electron chi connectivity index (χ1n) is 8.31. The topological polar surface area (TPSA) is 49.4 Å². The summed E-state index contributed by atoms with van der Waals surface area (Å²) in [5.41, 5.74) is 0.0197. The Kier molecular flexibility index (Phi) is 5.90. The van der Waals surface area contributed by atoms with Crippen LogP contribution in [0.5, 0.6) is 0 Å². The molecule has 2 aromatic rings. The monoisotopic (exact) mass is 428 g/mol. The van der Waals surface area contributed by atoms with E-state index in [1.807, 2.05) is 24.3 Å². The number of nitrogens with one attached hydrogen (secondary N) is 1. The Morgan fingerprint density at radius 3 is 2.64 bits per heavy atom. The average molecular weight is 429 g/mol. The van der Waals surface area contributed by atoms with Crippen molar-refractivity contribution in [3.05, 3.63) is 58.6 Å². The predicted molar refractivity (Wildman–Crippen MR) is 103 cm³/mol. The number of carbonyl (C=O) groups is 2. The highest BCUT2D eigenvalue weighted by Crippen LogP contribution is 2.38. The smallest absolute Gasteiger partial charge is 0.335 e. The molecule has 9 heteroatoms. The van der Waals surface area contributed by atoms with Gasteiger partial charge in [-0.2, -0.15) is 13.2 Å². The van der Waals surface area contributed by atoms with Crippen LogP contribution in [-0.2, 0) is 22.2 Å². The van der Waals surface area contributed by atoms with E-state index in [-0.39, 0.29) is 23.4 Å². The Balaban J connectivity index is 1.60. The number of nitrogens with zero attached hydrogens (tertiary/aromatic N) is 1. The number of likely N-dealkylation sites (N-methyl/N-ethyl adjacent to an activating group) is 1. The summed E-state index contributed by atoms with van der Waals surface area (Å²) in [7, 11) is 1.49. The maximum Gasteiger partial charge on any atom is 0.417 e. The van der Waals surface area contributed by atoms with Gasteiger partial charge in [0.2, 0.25) is 11.8 Å². The SMILES string of the molecule is CN(CC(=O)Nc1ccc(Cl)c(C(F)(F)F)c1)C(=O)[C@@H]1Cc2ccccc2S1. The van der Waals surface area contributed by atoms with Crippen molar-refractivity contribution in [1.29, 1.82) is 0 Å². The van der Waals surface area contributed by atoms with Gasteiger partial charge in [0, 0.05) is 17.6 Å². The lowest BCUT2D eigenvalue weighted by atomic mass is 10.1. The Morgan fingerprint density at radius 2 is 1.96 bits per heavy atom. The standard InChI is InChI=1S/C19H16ClF3N2O2S/c1-25(18(27)16-8-11-4-2-3-5-15(11)28-16)10-17(26)24-12-6-7-14(20)13(9-12)19(21,22)23/h2-7,9,16H,8,10H2,1H3,(H,24,26)/t16-/m0/s1. The number of thioether (sulfide) groups is 1. The van der Waals surface area contributed by atoms with Crippen molar-refractivity contribution in [3.63, 3.8) is 0 Å². The molecule has 0 bridgehead atoms. The van der Waals surface area contributed by atoms with Gasteiger partial charge in [-0.1, -0.05) is 29.8 Å². The van der Waals surface area contributed by atoms with Gasteiger partial charge in [-0.25, -0.2) is 0 Å². The highest BCUT2D eigenvalue weighted by Gasteiger charge is 2.34. The summed E-state index contributed by atoms with van der Waals surface area (Å²) in [6, 6.07) is 10.8. The number of benzene rings is 2. The normalized spacial score (nSPS) is 15.8. The van der Waals surface area contributed by atoms with Crippen LogP contribution in [0.25, 0.3) is 0 Å². The van der Waals surface area contributed by atoms with Gasteiger partial charge in [0.05, 0.1) is 22.4 Å². The zero-order valence-electron chi connectivity index (χ0n) is 14.7. The maximum absolute atomic E-state index is 12.9. The number of alkyl halides is 3. The minimum Gasteiger partial charge on any atom is -0.335 e. The molecule has 0 aromatic heterocycles. The lowest BCUT2D eigenvalue weighted by Gasteiger charge is -2.20. The van der Waals surface area contributed by atoms with Crippen molar-refractivity contribution in [2.45, 2.75) is 22.7 Å². The molecule has 0 saturated heterocycles. The van der Waals surface area contributed by atoms with Crippen LogP contribution in [0, 0.1) is 0 Å². The van der Waals surface area contributed by atoms with Gasteiger partial charge in [-0.05, 0) is 36.2 Å². The first-order chi connectivity index (χ1) is 13.1. The van der Waals surface area contributed by atoms with Gasteiger partial charge in [-0.3, -0.25) is 9.59 Å². The van der Waals surface area contributed by atoms with Crippen molar-refractivity contribution in [2.75, 3.05) is 18.9 Å². The Bertz CT molecular complexity index is 895. The second-order valence-electron chi connectivity index (χ2n) is 6.35. The highest BCUT2D eigenvalue weighted by atomic mass is 35.5. The third-order valence-corrected chi connectivity index (χ3v) is 5.87. The van der Waals surface area contributed by atoms with Crippen LogP contribution in [-0.4, -0.2) is 35.6 Å². The third kappa shape index (κ3) is 4.62. The minimum atomic E-state index is -4.63. The lowest BCUT2D eigenvalue weighted by molar-refractivity contribution is -0.137. The number of hydrogen-bond acceptors (Lipinski definition) is 3. The van der Waals surface area contributed by atoms with E-state index in [9.17, 15) is 22.8 Å². The molecule has 28 heavy (non-hydrogen) atoms. The van der Waals surface area contributed by atoms with E-state index >= 15 is 0 Å². The molecule has 0 radical (unpaired) electrons. The van der Waals surface area contributed by atoms with E-state index in [2.05, 4.69) is 5.32 Å². The number of fused-ring (bicyclic) bond motifs is 1. The molecule has 2 aromatic carbocycles. The van der Waals surface area contributed by atoms with E-state index in [0.717, 1.165) is 22.6 Å². The summed E-state index contributed by atoms with van der Waals surface area (Å²) in [5.74, 6) is -0.796. The molecule has 3 rings (SSSR count). The van der Waals surface area contributed by atoms with E-state index in [1.165, 1.54) is 29.8 Å². The molecule has 0 unspecified atom stereocenters. The molecule has 1 heterocycles. The van der Waals surface area contributed by atoms with Crippen molar-refractivity contribution >= 4 is 40.9 Å². The second-order valence-corrected chi connectivity index (χ2v) is 8.00. The van der Waals surface area contributed by atoms with Crippen LogP contribution in [0.2, 0.25) is 5.02 Å². The van der Waals surface area contributed by atoms with Crippen LogP contribution in [0.1, 0.15) is 11.1 Å². The Morgan fingerprint density at radius 1 is 1.25 bits per heavy atom. The van der Waals surface area contributed by atoms with Crippen LogP contribution >= 0.6 is 23.4 Å². The largest absolute Gasteiger partial charge is 0.417 e. The summed E-state index contributed by atoms with van der Waals surface area (Å²) in [5, 5.41) is 1.61. The zero-order chi connectivity index (χ0) is 20.5. The number of hydrogen-bond donors (Lipinski definition) is 1. The molecular formula is C19H16ClF3N2O2S. The number of carbonyl (C=O) groups excluding carboxylic acids is 2. The fourth-order valence-corrected chi connectivity index (χ4v) is 4.41. The summed E-state index contributed by atoms with van der Waals surface area (Å²) in [4.78, 5) is 27.1. The van der Waals surface area contributed by atoms with Crippen molar-refractivity contribution < 1.29 is 22.8 Å². The van der Waals surface area contributed by atoms with Crippen LogP contribution in [0.4, 0.5) is 18.9 Å². The summed E-state index contributed by atoms with van der Waals surface area (Å²) in [6.45, 7) is -0.268. The molecule has 1 atom stereocenters. The van der Waals surface area contributed by atoms with Gasteiger partial charge < -0.3 is 10.2 Å². The zero-order valence-corrected chi connectivity index (χ0v) is 16.3. The first-order valence-corrected chi connectivity index (χ1v) is 9.57. The third-order valence-electron chi connectivity index (χ3n) is 4.24. The Labute approximate surface area is 169 Å². The second kappa shape index (κ2) is 8.05. The maximum atomic E-state index is 12.9. The van der Waals surface area contributed by atoms with Crippen LogP contribution < -0.4 is 5.32 Å². The molecule has 2 amide bonds. The molecular weight excluding hydrogens is 413 g/mol. The number of anilines is 1. The Hall–Kier alpha value is -2.19. The predicted octanol–water partition coefficient (Wildman–Crippen LogP) is 4.47. The number of amides is 2. The number of halogens is 4. The van der Waals surface area contributed by atoms with Crippen LogP contribution in [0.3, 0.4) is 0 Å². The first kappa shape index (κ1) is 20.5. The van der Waals surface area contributed by atoms with Gasteiger partial charge in [0.25, 0.3) is 0 Å². The minimum absolute atomic E-state index is 0.0368. The van der Waals surface area contributed by atoms with Crippen molar-refractivity contribution in [3.8, 4) is 0 Å². The fraction of sp³-hybridized carbons (Fsp3) is 0.263. The molecule has 148 valence electrons. The molecule has 1 N–H and O–H groups in total. The number of rotatable bonds is 4. The van der Waals surface area contributed by atoms with Crippen LogP contribution in [0.15, 0.2) is 47.4 Å². The fourth-order valence-electron chi connectivity index (χ4n) is 2.88. The summed E-state index contributed by atoms with van der Waals surface area (Å²) >= 11 is 7.01. The molecule has 4 nitrogen and oxygen atoms in total. The van der Waals surface area contributed by atoms with Gasteiger partial charge in [0.15, 0.2) is 0 Å². The molecule has 0 fully saturated rings. The molecule has 1 aliphatic heterocycles.